The number of rotatable bonds is 5. The van der Waals surface area contributed by atoms with E-state index < -0.39 is 0 Å². The van der Waals surface area contributed by atoms with Gasteiger partial charge in [-0.05, 0) is 20.8 Å². The molecule has 0 atom stereocenters. The summed E-state index contributed by atoms with van der Waals surface area (Å²) in [5.74, 6) is 0. The van der Waals surface area contributed by atoms with Crippen molar-refractivity contribution in [2.75, 3.05) is 26.7 Å². The van der Waals surface area contributed by atoms with Crippen LogP contribution in [0.15, 0.2) is 30.3 Å². The van der Waals surface area contributed by atoms with E-state index >= 15 is 0 Å². The number of nitrogens with zero attached hydrogens (tertiary/aromatic N) is 1. The van der Waals surface area contributed by atoms with Gasteiger partial charge in [-0.3, -0.25) is 0 Å². The second kappa shape index (κ2) is 12.5. The van der Waals surface area contributed by atoms with Crippen molar-refractivity contribution in [3.05, 3.63) is 35.9 Å². The number of aliphatic hydroxyl groups is 1. The van der Waals surface area contributed by atoms with E-state index in [1.807, 2.05) is 0 Å². The van der Waals surface area contributed by atoms with Crippen molar-refractivity contribution in [1.29, 1.82) is 0 Å². The van der Waals surface area contributed by atoms with Crippen LogP contribution in [0.1, 0.15) is 26.3 Å². The highest BCUT2D eigenvalue weighted by Crippen LogP contribution is 2.13. The highest BCUT2D eigenvalue weighted by Gasteiger charge is 2.20. The van der Waals surface area contributed by atoms with Crippen molar-refractivity contribution in [2.45, 2.75) is 27.3 Å². The van der Waals surface area contributed by atoms with Crippen LogP contribution in [0.2, 0.25) is 0 Å². The molecule has 0 aliphatic heterocycles. The fourth-order valence-corrected chi connectivity index (χ4v) is 1.98. The molecule has 4 heteroatoms. The maximum Gasteiger partial charge on any atom is 0.104 e. The van der Waals surface area contributed by atoms with E-state index in [1.54, 1.807) is 0 Å². The summed E-state index contributed by atoms with van der Waals surface area (Å²) in [6.45, 7) is 11.7. The van der Waals surface area contributed by atoms with Gasteiger partial charge >= 0.3 is 0 Å². The van der Waals surface area contributed by atoms with Gasteiger partial charge in [0, 0.05) is 12.7 Å². The molecular weight excluding hydrogens is 228 g/mol. The van der Waals surface area contributed by atoms with Crippen LogP contribution in [0.3, 0.4) is 0 Å². The third-order valence-electron chi connectivity index (χ3n) is 3.37. The molecule has 0 heterocycles. The van der Waals surface area contributed by atoms with Crippen molar-refractivity contribution in [3.63, 3.8) is 0 Å². The van der Waals surface area contributed by atoms with E-state index in [2.05, 4.69) is 51.1 Å². The first-order valence-electron chi connectivity index (χ1n) is 6.10. The van der Waals surface area contributed by atoms with Crippen molar-refractivity contribution < 1.29 is 15.1 Å². The average Bonchev–Trinajstić information content (AvgIpc) is 2.40. The predicted octanol–water partition coefficient (Wildman–Crippen LogP) is 2.01. The molecule has 0 fully saturated rings. The van der Waals surface area contributed by atoms with Crippen LogP contribution < -0.4 is 6.15 Å². The summed E-state index contributed by atoms with van der Waals surface area (Å²) in [7, 11) is 1.00. The van der Waals surface area contributed by atoms with Gasteiger partial charge in [-0.2, -0.15) is 0 Å². The Balaban J connectivity index is -0.000000534. The lowest BCUT2D eigenvalue weighted by atomic mass is 10.2. The van der Waals surface area contributed by atoms with Crippen molar-refractivity contribution >= 4 is 0 Å². The Hall–Kier alpha value is -0.940. The van der Waals surface area contributed by atoms with Gasteiger partial charge in [-0.1, -0.05) is 30.3 Å². The maximum absolute atomic E-state index is 7.00. The topological polar surface area (TPSA) is 86.7 Å². The van der Waals surface area contributed by atoms with Gasteiger partial charge < -0.3 is 21.2 Å². The zero-order valence-corrected chi connectivity index (χ0v) is 12.3. The summed E-state index contributed by atoms with van der Waals surface area (Å²) in [4.78, 5) is 0. The number of hydrogen-bond donors (Lipinski definition) is 2. The van der Waals surface area contributed by atoms with Gasteiger partial charge in [0.1, 0.15) is 6.54 Å². The normalized spacial score (nSPS) is 9.39. The zero-order valence-electron chi connectivity index (χ0n) is 12.3. The lowest BCUT2D eigenvalue weighted by Gasteiger charge is -2.35. The molecule has 0 spiro atoms. The monoisotopic (exact) mass is 259 g/mol. The number of benzene rings is 1. The third-order valence-corrected chi connectivity index (χ3v) is 3.37. The first kappa shape index (κ1) is 22.3. The molecule has 108 valence electrons. The lowest BCUT2D eigenvalue weighted by molar-refractivity contribution is -0.936. The Labute approximate surface area is 112 Å². The van der Waals surface area contributed by atoms with E-state index in [4.69, 9.17) is 5.11 Å². The Morgan fingerprint density at radius 1 is 0.889 bits per heavy atom. The Bertz CT molecular complexity index is 253. The summed E-state index contributed by atoms with van der Waals surface area (Å²) in [6.07, 6.45) is 0. The van der Waals surface area contributed by atoms with Gasteiger partial charge in [0.15, 0.2) is 0 Å². The molecule has 0 bridgehead atoms. The summed E-state index contributed by atoms with van der Waals surface area (Å²) in [5, 5.41) is 7.00. The minimum atomic E-state index is 0. The molecule has 0 aromatic heterocycles. The molecular formula is C14H31N2O2+. The molecule has 0 amide bonds. The van der Waals surface area contributed by atoms with Gasteiger partial charge in [0.05, 0.1) is 19.6 Å². The number of quaternary nitrogens is 1. The molecule has 0 saturated heterocycles. The smallest absolute Gasteiger partial charge is 0.104 e. The second-order valence-corrected chi connectivity index (χ2v) is 3.93. The largest absolute Gasteiger partial charge is 0.412 e. The van der Waals surface area contributed by atoms with Crippen molar-refractivity contribution in [1.82, 2.24) is 6.15 Å². The lowest BCUT2D eigenvalue weighted by Crippen LogP contribution is -2.46. The maximum atomic E-state index is 7.00. The van der Waals surface area contributed by atoms with Crippen LogP contribution in [0.5, 0.6) is 0 Å². The van der Waals surface area contributed by atoms with Crippen molar-refractivity contribution in [3.8, 4) is 0 Å². The molecule has 0 saturated carbocycles. The minimum Gasteiger partial charge on any atom is -0.412 e. The molecule has 6 N–H and O–H groups in total. The molecule has 0 unspecified atom stereocenters. The second-order valence-electron chi connectivity index (χ2n) is 3.93. The van der Waals surface area contributed by atoms with Crippen LogP contribution in [-0.2, 0) is 6.54 Å². The quantitative estimate of drug-likeness (QED) is 0.792. The van der Waals surface area contributed by atoms with E-state index in [9.17, 15) is 0 Å². The Kier molecular flexibility index (Phi) is 15.5. The summed E-state index contributed by atoms with van der Waals surface area (Å²) in [6, 6.07) is 10.8. The van der Waals surface area contributed by atoms with E-state index in [0.29, 0.717) is 0 Å². The molecule has 0 radical (unpaired) electrons. The van der Waals surface area contributed by atoms with Crippen LogP contribution in [0, 0.1) is 0 Å². The van der Waals surface area contributed by atoms with Gasteiger partial charge in [-0.15, -0.1) is 0 Å². The van der Waals surface area contributed by atoms with Gasteiger partial charge in [0.25, 0.3) is 0 Å². The molecule has 1 aromatic rings. The fourth-order valence-electron chi connectivity index (χ4n) is 1.98. The molecule has 0 aliphatic carbocycles. The predicted molar refractivity (Wildman–Crippen MR) is 78.8 cm³/mol. The third kappa shape index (κ3) is 6.71. The molecule has 1 aromatic carbocycles. The standard InChI is InChI=1S/C13H22N.CH4O.H3N.H2O/c1-4-14(5-2,6-3)12-13-10-8-7-9-11-13;1-2;;/h7-11H,4-6,12H2,1-3H3;2H,1H3;1H3;1H2/q+1;;;. The number of aliphatic hydroxyl groups excluding tert-OH is 1. The Morgan fingerprint density at radius 3 is 1.61 bits per heavy atom. The van der Waals surface area contributed by atoms with Crippen LogP contribution in [0.4, 0.5) is 0 Å². The summed E-state index contributed by atoms with van der Waals surface area (Å²) in [5.41, 5.74) is 1.46. The average molecular weight is 259 g/mol. The van der Waals surface area contributed by atoms with Gasteiger partial charge in [-0.25, -0.2) is 0 Å². The molecule has 0 aliphatic rings. The summed E-state index contributed by atoms with van der Waals surface area (Å²) < 4.78 is 1.20. The van der Waals surface area contributed by atoms with Crippen molar-refractivity contribution in [2.24, 2.45) is 0 Å². The molecule has 1 rings (SSSR count). The SMILES string of the molecule is CC[N+](CC)(CC)Cc1ccccc1.CO.N.O. The van der Waals surface area contributed by atoms with E-state index in [1.165, 1.54) is 36.2 Å². The molecule has 18 heavy (non-hydrogen) atoms. The van der Waals surface area contributed by atoms with Gasteiger partial charge in [0.2, 0.25) is 0 Å². The highest BCUT2D eigenvalue weighted by atomic mass is 16.2. The van der Waals surface area contributed by atoms with E-state index in [-0.39, 0.29) is 11.6 Å². The van der Waals surface area contributed by atoms with E-state index in [0.717, 1.165) is 7.11 Å². The first-order chi connectivity index (χ1) is 7.76. The Morgan fingerprint density at radius 2 is 1.28 bits per heavy atom. The summed E-state index contributed by atoms with van der Waals surface area (Å²) >= 11 is 0. The first-order valence-corrected chi connectivity index (χ1v) is 6.10. The highest BCUT2D eigenvalue weighted by molar-refractivity contribution is 5.13. The minimum absolute atomic E-state index is 0. The number of hydrogen-bond acceptors (Lipinski definition) is 2. The fraction of sp³-hybridized carbons (Fsp3) is 0.571. The van der Waals surface area contributed by atoms with Crippen LogP contribution >= 0.6 is 0 Å². The molecule has 4 nitrogen and oxygen atoms in total. The van der Waals surface area contributed by atoms with Crippen LogP contribution in [-0.4, -0.2) is 41.8 Å². The zero-order chi connectivity index (χ0) is 12.4. The van der Waals surface area contributed by atoms with Crippen LogP contribution in [0.25, 0.3) is 0 Å².